The molecule has 1 saturated carbocycles. The van der Waals surface area contributed by atoms with E-state index in [1.165, 1.54) is 0 Å². The van der Waals surface area contributed by atoms with Gasteiger partial charge in [-0.25, -0.2) is 19.9 Å². The number of hydrogen-bond acceptors (Lipinski definition) is 6. The lowest BCUT2D eigenvalue weighted by Gasteiger charge is -2.29. The molecule has 4 heterocycles. The molecule has 4 aromatic heterocycles. The molecule has 0 aromatic carbocycles. The number of nitrogens with one attached hydrogen (secondary N) is 2. The lowest BCUT2D eigenvalue weighted by atomic mass is 9.84. The quantitative estimate of drug-likeness (QED) is 0.548. The van der Waals surface area contributed by atoms with E-state index in [9.17, 15) is 0 Å². The molecule has 0 atom stereocenters. The maximum atomic E-state index is 9.05. The summed E-state index contributed by atoms with van der Waals surface area (Å²) < 4.78 is 2.34. The molecule has 0 spiro atoms. The zero-order valence-electron chi connectivity index (χ0n) is 16.3. The lowest BCUT2D eigenvalue weighted by molar-refractivity contribution is 0.283. The van der Waals surface area contributed by atoms with Crippen LogP contribution in [0.2, 0.25) is 0 Å². The second-order valence-corrected chi connectivity index (χ2v) is 7.59. The fraction of sp³-hybridized carbons (Fsp3) is 0.381. The average molecular weight is 386 g/mol. The van der Waals surface area contributed by atoms with Crippen molar-refractivity contribution in [1.82, 2.24) is 29.5 Å². The molecule has 8 heteroatoms. The number of H-pyrrole nitrogens is 1. The molecule has 0 bridgehead atoms. The fourth-order valence-electron chi connectivity index (χ4n) is 4.47. The largest absolute Gasteiger partial charge is 0.357 e. The summed E-state index contributed by atoms with van der Waals surface area (Å²) >= 11 is 0. The summed E-state index contributed by atoms with van der Waals surface area (Å²) in [6, 6.07) is 6.62. The van der Waals surface area contributed by atoms with E-state index in [0.717, 1.165) is 59.3 Å². The Kier molecular flexibility index (Phi) is 4.35. The molecule has 29 heavy (non-hydrogen) atoms. The number of aromatic amines is 1. The summed E-state index contributed by atoms with van der Waals surface area (Å²) in [6.45, 7) is 0. The summed E-state index contributed by atoms with van der Waals surface area (Å²) in [5, 5.41) is 13.1. The van der Waals surface area contributed by atoms with Gasteiger partial charge in [-0.05, 0) is 43.7 Å². The number of nitrogens with zero attached hydrogens (tertiary/aromatic N) is 6. The van der Waals surface area contributed by atoms with E-state index in [-0.39, 0.29) is 0 Å². The first kappa shape index (κ1) is 17.6. The van der Waals surface area contributed by atoms with E-state index >= 15 is 0 Å². The molecule has 1 aliphatic rings. The Labute approximate surface area is 168 Å². The molecule has 0 saturated heterocycles. The molecule has 4 aromatic rings. The summed E-state index contributed by atoms with van der Waals surface area (Å²) in [4.78, 5) is 21.6. The van der Waals surface area contributed by atoms with E-state index in [4.69, 9.17) is 10.2 Å². The molecule has 0 aliphatic heterocycles. The molecular weight excluding hydrogens is 364 g/mol. The highest BCUT2D eigenvalue weighted by Gasteiger charge is 2.27. The second kappa shape index (κ2) is 7.17. The standard InChI is InChI=1S/C21H22N8/c1-23-21-25-11-8-16(28-21)20-27-17-12-26-19-15(7-10-24-19)18(17)29(20)14-4-2-13(3-5-14)6-9-22/h7-8,10-14H,2-6H2,1H3,(H,24,26)(H,23,25,28)/t13-,14-. The monoisotopic (exact) mass is 386 g/mol. The van der Waals surface area contributed by atoms with Crippen LogP contribution in [0.4, 0.5) is 5.95 Å². The van der Waals surface area contributed by atoms with E-state index < -0.39 is 0 Å². The van der Waals surface area contributed by atoms with Gasteiger partial charge in [0.15, 0.2) is 5.82 Å². The Balaban J connectivity index is 1.68. The van der Waals surface area contributed by atoms with E-state index in [0.29, 0.717) is 24.3 Å². The van der Waals surface area contributed by atoms with Gasteiger partial charge in [0.2, 0.25) is 5.95 Å². The molecule has 146 valence electrons. The number of rotatable bonds is 4. The molecular formula is C21H22N8. The predicted octanol–water partition coefficient (Wildman–Crippen LogP) is 4.06. The first-order chi connectivity index (χ1) is 14.3. The Morgan fingerprint density at radius 2 is 2.07 bits per heavy atom. The van der Waals surface area contributed by atoms with Crippen LogP contribution in [0.15, 0.2) is 30.7 Å². The minimum absolute atomic E-state index is 0.318. The van der Waals surface area contributed by atoms with E-state index in [1.807, 2.05) is 25.5 Å². The summed E-state index contributed by atoms with van der Waals surface area (Å²) in [7, 11) is 1.81. The van der Waals surface area contributed by atoms with Gasteiger partial charge in [-0.2, -0.15) is 5.26 Å². The minimum atomic E-state index is 0.318. The molecule has 5 rings (SSSR count). The Bertz CT molecular complexity index is 1210. The first-order valence-corrected chi connectivity index (χ1v) is 10.0. The zero-order chi connectivity index (χ0) is 19.8. The van der Waals surface area contributed by atoms with Crippen LogP contribution < -0.4 is 5.32 Å². The summed E-state index contributed by atoms with van der Waals surface area (Å²) in [5.74, 6) is 1.92. The van der Waals surface area contributed by atoms with Crippen molar-refractivity contribution in [3.63, 3.8) is 0 Å². The molecule has 0 radical (unpaired) electrons. The predicted molar refractivity (Wildman–Crippen MR) is 111 cm³/mol. The van der Waals surface area contributed by atoms with Gasteiger partial charge >= 0.3 is 0 Å². The number of nitriles is 1. The van der Waals surface area contributed by atoms with Crippen LogP contribution in [0.1, 0.15) is 38.1 Å². The maximum absolute atomic E-state index is 9.05. The van der Waals surface area contributed by atoms with Crippen molar-refractivity contribution in [2.24, 2.45) is 5.92 Å². The van der Waals surface area contributed by atoms with Crippen molar-refractivity contribution in [3.8, 4) is 17.6 Å². The second-order valence-electron chi connectivity index (χ2n) is 7.59. The fourth-order valence-corrected chi connectivity index (χ4v) is 4.47. The number of aromatic nitrogens is 6. The summed E-state index contributed by atoms with van der Waals surface area (Å²) in [6.07, 6.45) is 10.3. The van der Waals surface area contributed by atoms with Crippen LogP contribution in [-0.2, 0) is 0 Å². The normalized spacial score (nSPS) is 19.4. The van der Waals surface area contributed by atoms with Crippen LogP contribution >= 0.6 is 0 Å². The van der Waals surface area contributed by atoms with Crippen LogP contribution in [-0.4, -0.2) is 36.5 Å². The third-order valence-electron chi connectivity index (χ3n) is 5.90. The van der Waals surface area contributed by atoms with Crippen molar-refractivity contribution in [1.29, 1.82) is 5.26 Å². The van der Waals surface area contributed by atoms with Gasteiger partial charge in [0.1, 0.15) is 16.9 Å². The highest BCUT2D eigenvalue weighted by Crippen LogP contribution is 2.39. The zero-order valence-corrected chi connectivity index (χ0v) is 16.3. The average Bonchev–Trinajstić information content (AvgIpc) is 3.39. The SMILES string of the molecule is CNc1nccc(-c2nc3cnc4[nH]ccc4c3n2[C@H]2CC[C@H](CC#N)CC2)n1. The number of pyridine rings is 1. The Morgan fingerprint density at radius 1 is 1.21 bits per heavy atom. The maximum Gasteiger partial charge on any atom is 0.223 e. The molecule has 8 nitrogen and oxygen atoms in total. The van der Waals surface area contributed by atoms with Crippen LogP contribution in [0.25, 0.3) is 33.6 Å². The number of anilines is 1. The van der Waals surface area contributed by atoms with Gasteiger partial charge in [-0.15, -0.1) is 0 Å². The highest BCUT2D eigenvalue weighted by molar-refractivity contribution is 6.02. The van der Waals surface area contributed by atoms with Gasteiger partial charge in [-0.3, -0.25) is 0 Å². The van der Waals surface area contributed by atoms with Crippen molar-refractivity contribution >= 4 is 28.0 Å². The number of fused-ring (bicyclic) bond motifs is 3. The topological polar surface area (TPSA) is 108 Å². The van der Waals surface area contributed by atoms with Crippen molar-refractivity contribution in [3.05, 3.63) is 30.7 Å². The molecule has 2 N–H and O–H groups in total. The van der Waals surface area contributed by atoms with Gasteiger partial charge < -0.3 is 14.9 Å². The first-order valence-electron chi connectivity index (χ1n) is 10.0. The van der Waals surface area contributed by atoms with Crippen LogP contribution in [0.5, 0.6) is 0 Å². The number of imidazole rings is 1. The van der Waals surface area contributed by atoms with E-state index in [1.54, 1.807) is 6.20 Å². The van der Waals surface area contributed by atoms with Gasteiger partial charge in [-0.1, -0.05) is 0 Å². The van der Waals surface area contributed by atoms with Crippen LogP contribution in [0.3, 0.4) is 0 Å². The third kappa shape index (κ3) is 2.99. The Morgan fingerprint density at radius 3 is 2.86 bits per heavy atom. The van der Waals surface area contributed by atoms with Gasteiger partial charge in [0, 0.05) is 37.3 Å². The van der Waals surface area contributed by atoms with Crippen molar-refractivity contribution in [2.75, 3.05) is 12.4 Å². The molecule has 1 aliphatic carbocycles. The number of hydrogen-bond donors (Lipinski definition) is 2. The van der Waals surface area contributed by atoms with Crippen molar-refractivity contribution in [2.45, 2.75) is 38.1 Å². The molecule has 1 fully saturated rings. The molecule has 0 amide bonds. The van der Waals surface area contributed by atoms with Crippen molar-refractivity contribution < 1.29 is 0 Å². The lowest BCUT2D eigenvalue weighted by Crippen LogP contribution is -2.19. The minimum Gasteiger partial charge on any atom is -0.357 e. The van der Waals surface area contributed by atoms with E-state index in [2.05, 4.69) is 42.0 Å². The molecule has 0 unspecified atom stereocenters. The smallest absolute Gasteiger partial charge is 0.223 e. The van der Waals surface area contributed by atoms with Gasteiger partial charge in [0.05, 0.1) is 17.8 Å². The van der Waals surface area contributed by atoms with Crippen LogP contribution in [0, 0.1) is 17.2 Å². The summed E-state index contributed by atoms with van der Waals surface area (Å²) in [5.41, 5.74) is 3.63. The third-order valence-corrected chi connectivity index (χ3v) is 5.90. The van der Waals surface area contributed by atoms with Gasteiger partial charge in [0.25, 0.3) is 0 Å². The Hall–Kier alpha value is -3.47. The highest BCUT2D eigenvalue weighted by atomic mass is 15.2.